The number of nitrogens with one attached hydrogen (secondary N) is 1. The van der Waals surface area contributed by atoms with Gasteiger partial charge in [-0.05, 0) is 55.5 Å². The molecule has 3 aromatic rings. The van der Waals surface area contributed by atoms with Gasteiger partial charge in [-0.2, -0.15) is 0 Å². The number of benzene rings is 1. The number of carbonyl (C=O) groups is 1. The Hall–Kier alpha value is -3.35. The Morgan fingerprint density at radius 3 is 2.66 bits per heavy atom. The van der Waals surface area contributed by atoms with E-state index >= 15 is 0 Å². The molecule has 29 heavy (non-hydrogen) atoms. The van der Waals surface area contributed by atoms with Crippen LogP contribution in [0.3, 0.4) is 0 Å². The predicted octanol–water partition coefficient (Wildman–Crippen LogP) is 3.59. The van der Waals surface area contributed by atoms with Crippen LogP contribution in [-0.4, -0.2) is 32.9 Å². The molecule has 1 aliphatic carbocycles. The molecule has 146 valence electrons. The Bertz CT molecular complexity index is 1050. The molecule has 0 spiro atoms. The van der Waals surface area contributed by atoms with Gasteiger partial charge in [0.1, 0.15) is 11.9 Å². The number of anilines is 2. The van der Waals surface area contributed by atoms with Crippen molar-refractivity contribution in [2.24, 2.45) is 5.92 Å². The second-order valence-corrected chi connectivity index (χ2v) is 7.67. The molecule has 1 N–H and O–H groups in total. The van der Waals surface area contributed by atoms with Gasteiger partial charge >= 0.3 is 0 Å². The first-order valence-electron chi connectivity index (χ1n) is 9.69. The van der Waals surface area contributed by atoms with Crippen LogP contribution in [0.5, 0.6) is 0 Å². The highest BCUT2D eigenvalue weighted by Crippen LogP contribution is 2.47. The van der Waals surface area contributed by atoms with Crippen LogP contribution in [0.1, 0.15) is 18.4 Å². The first-order chi connectivity index (χ1) is 14.1. The number of nitrogens with zero attached hydrogens (tertiary/aromatic N) is 4. The first kappa shape index (κ1) is 17.7. The van der Waals surface area contributed by atoms with E-state index < -0.39 is 5.82 Å². The second-order valence-electron chi connectivity index (χ2n) is 7.67. The highest BCUT2D eigenvalue weighted by Gasteiger charge is 2.54. The summed E-state index contributed by atoms with van der Waals surface area (Å²) in [5.74, 6) is 1.12. The molecule has 1 aromatic carbocycles. The van der Waals surface area contributed by atoms with Crippen LogP contribution < -0.4 is 10.2 Å². The van der Waals surface area contributed by atoms with Crippen molar-refractivity contribution >= 4 is 17.4 Å². The Kier molecular flexibility index (Phi) is 4.23. The van der Waals surface area contributed by atoms with Crippen LogP contribution in [0.4, 0.5) is 15.9 Å². The number of pyridine rings is 1. The smallest absolute Gasteiger partial charge is 0.247 e. The lowest BCUT2D eigenvalue weighted by atomic mass is 9.82. The zero-order valence-electron chi connectivity index (χ0n) is 15.9. The van der Waals surface area contributed by atoms with Crippen molar-refractivity contribution in [3.05, 3.63) is 66.4 Å². The topological polar surface area (TPSA) is 71.0 Å². The van der Waals surface area contributed by atoms with Gasteiger partial charge in [0.15, 0.2) is 11.6 Å². The van der Waals surface area contributed by atoms with Gasteiger partial charge in [0.05, 0.1) is 12.4 Å². The molecule has 6 nitrogen and oxygen atoms in total. The lowest BCUT2D eigenvalue weighted by Gasteiger charge is -2.27. The maximum Gasteiger partial charge on any atom is 0.247 e. The second kappa shape index (κ2) is 6.92. The highest BCUT2D eigenvalue weighted by molar-refractivity contribution is 5.98. The zero-order chi connectivity index (χ0) is 20.0. The zero-order valence-corrected chi connectivity index (χ0v) is 15.9. The third-order valence-electron chi connectivity index (χ3n) is 5.84. The number of amides is 1. The number of halogens is 1. The fourth-order valence-electron chi connectivity index (χ4n) is 4.35. The molecule has 1 amide bonds. The number of hydrogen-bond donors (Lipinski definition) is 1. The minimum Gasteiger partial charge on any atom is -0.341 e. The molecule has 1 atom stereocenters. The summed E-state index contributed by atoms with van der Waals surface area (Å²) < 4.78 is 13.2. The summed E-state index contributed by atoms with van der Waals surface area (Å²) in [5.41, 5.74) is 2.39. The van der Waals surface area contributed by atoms with E-state index in [-0.39, 0.29) is 11.9 Å². The van der Waals surface area contributed by atoms with Gasteiger partial charge in [-0.3, -0.25) is 4.79 Å². The molecule has 2 bridgehead atoms. The maximum atomic E-state index is 13.2. The number of carbonyl (C=O) groups excluding carboxylic acids is 1. The van der Waals surface area contributed by atoms with Gasteiger partial charge in [0.2, 0.25) is 5.91 Å². The summed E-state index contributed by atoms with van der Waals surface area (Å²) in [6.45, 7) is 1.93. The highest BCUT2D eigenvalue weighted by atomic mass is 19.1. The normalized spacial score (nSPS) is 22.3. The van der Waals surface area contributed by atoms with Crippen LogP contribution >= 0.6 is 0 Å². The molecule has 2 aromatic heterocycles. The molecule has 0 unspecified atom stereocenters. The number of aryl methyl sites for hydroxylation is 1. The summed E-state index contributed by atoms with van der Waals surface area (Å²) in [4.78, 5) is 27.9. The SMILES string of the molecule is Cc1ccc(NC(=O)[C@@H]2C3CC(C3)N2c2ccccn2)cc1-c1ncc(F)cn1. The molecule has 2 aliphatic heterocycles. The fraction of sp³-hybridized carbons (Fsp3) is 0.273. The largest absolute Gasteiger partial charge is 0.341 e. The Morgan fingerprint density at radius 2 is 1.93 bits per heavy atom. The van der Waals surface area contributed by atoms with Crippen molar-refractivity contribution in [3.63, 3.8) is 0 Å². The van der Waals surface area contributed by atoms with Crippen molar-refractivity contribution in [1.29, 1.82) is 0 Å². The molecule has 1 saturated carbocycles. The minimum atomic E-state index is -0.481. The molecular weight excluding hydrogens is 369 g/mol. The Balaban J connectivity index is 1.40. The number of aromatic nitrogens is 3. The van der Waals surface area contributed by atoms with E-state index in [1.165, 1.54) is 0 Å². The monoisotopic (exact) mass is 389 g/mol. The molecule has 3 fully saturated rings. The standard InChI is InChI=1S/C22H20FN5O/c1-13-5-6-16(10-18(13)21-25-11-15(23)12-26-21)27-22(29)20-14-8-17(9-14)28(20)19-4-2-3-7-24-19/h2-7,10-12,14,17,20H,8-9H2,1H3,(H,27,29)/t14?,17?,20-/m0/s1. The Labute approximate surface area is 167 Å². The number of hydrogen-bond acceptors (Lipinski definition) is 5. The van der Waals surface area contributed by atoms with E-state index in [1.807, 2.05) is 43.3 Å². The van der Waals surface area contributed by atoms with Crippen LogP contribution in [0.2, 0.25) is 0 Å². The van der Waals surface area contributed by atoms with E-state index in [0.717, 1.165) is 42.2 Å². The van der Waals surface area contributed by atoms with Gasteiger partial charge < -0.3 is 10.2 Å². The predicted molar refractivity (Wildman–Crippen MR) is 108 cm³/mol. The number of rotatable bonds is 4. The van der Waals surface area contributed by atoms with E-state index in [2.05, 4.69) is 25.2 Å². The third-order valence-corrected chi connectivity index (χ3v) is 5.84. The van der Waals surface area contributed by atoms with Crippen molar-refractivity contribution in [2.45, 2.75) is 31.8 Å². The summed E-state index contributed by atoms with van der Waals surface area (Å²) in [5, 5.41) is 3.05. The van der Waals surface area contributed by atoms with Crippen molar-refractivity contribution in [3.8, 4) is 11.4 Å². The lowest BCUT2D eigenvalue weighted by Crippen LogP contribution is -2.40. The lowest BCUT2D eigenvalue weighted by molar-refractivity contribution is -0.117. The van der Waals surface area contributed by atoms with E-state index in [9.17, 15) is 9.18 Å². The summed E-state index contributed by atoms with van der Waals surface area (Å²) in [6.07, 6.45) is 6.09. The first-order valence-corrected chi connectivity index (χ1v) is 9.69. The van der Waals surface area contributed by atoms with Gasteiger partial charge in [0, 0.05) is 23.5 Å². The molecular formula is C22H20FN5O. The molecule has 4 heterocycles. The Morgan fingerprint density at radius 1 is 1.14 bits per heavy atom. The minimum absolute atomic E-state index is 0.0320. The van der Waals surface area contributed by atoms with Gasteiger partial charge in [0.25, 0.3) is 0 Å². The van der Waals surface area contributed by atoms with Crippen molar-refractivity contribution in [2.75, 3.05) is 10.2 Å². The van der Waals surface area contributed by atoms with E-state index in [0.29, 0.717) is 23.5 Å². The van der Waals surface area contributed by atoms with Gasteiger partial charge in [-0.25, -0.2) is 19.3 Å². The van der Waals surface area contributed by atoms with E-state index in [4.69, 9.17) is 0 Å². The van der Waals surface area contributed by atoms with Crippen LogP contribution in [0, 0.1) is 18.7 Å². The van der Waals surface area contributed by atoms with E-state index in [1.54, 1.807) is 6.20 Å². The van der Waals surface area contributed by atoms with Crippen LogP contribution in [0.25, 0.3) is 11.4 Å². The molecule has 7 heteroatoms. The van der Waals surface area contributed by atoms with Gasteiger partial charge in [-0.1, -0.05) is 12.1 Å². The summed E-state index contributed by atoms with van der Waals surface area (Å²) in [6, 6.07) is 11.6. The quantitative estimate of drug-likeness (QED) is 0.738. The molecule has 2 saturated heterocycles. The molecule has 3 aliphatic rings. The van der Waals surface area contributed by atoms with Crippen LogP contribution in [-0.2, 0) is 4.79 Å². The molecule has 0 radical (unpaired) electrons. The van der Waals surface area contributed by atoms with Crippen molar-refractivity contribution < 1.29 is 9.18 Å². The average molecular weight is 389 g/mol. The summed E-state index contributed by atoms with van der Waals surface area (Å²) in [7, 11) is 0. The average Bonchev–Trinajstić information content (AvgIpc) is 3.27. The fourth-order valence-corrected chi connectivity index (χ4v) is 4.35. The molecule has 6 rings (SSSR count). The van der Waals surface area contributed by atoms with Crippen LogP contribution in [0.15, 0.2) is 55.0 Å². The third kappa shape index (κ3) is 3.12. The number of fused-ring (bicyclic) bond motifs is 1. The van der Waals surface area contributed by atoms with Gasteiger partial charge in [-0.15, -0.1) is 0 Å². The summed E-state index contributed by atoms with van der Waals surface area (Å²) >= 11 is 0. The maximum absolute atomic E-state index is 13.2. The van der Waals surface area contributed by atoms with Crippen molar-refractivity contribution in [1.82, 2.24) is 15.0 Å².